The van der Waals surface area contributed by atoms with Crippen LogP contribution in [-0.2, 0) is 16.6 Å². The lowest BCUT2D eigenvalue weighted by atomic mass is 10.2. The van der Waals surface area contributed by atoms with Crippen LogP contribution in [0.4, 0.5) is 5.69 Å². The topological polar surface area (TPSA) is 96.4 Å². The molecule has 0 atom stereocenters. The van der Waals surface area contributed by atoms with E-state index in [0.717, 1.165) is 4.90 Å². The predicted octanol–water partition coefficient (Wildman–Crippen LogP) is 3.64. The van der Waals surface area contributed by atoms with Crippen molar-refractivity contribution in [2.24, 2.45) is 0 Å². The standard InChI is InChI=1S/C21H16ClN3O4S/c1-13-11-15(22)6-9-18(13)24-30(28,29)16-7-4-14(5-8-16)12-25-20(26)17-3-2-10-23-19(17)21(25)27/h2-11,24H,12H2,1H3. The number of aromatic nitrogens is 1. The minimum atomic E-state index is -3.81. The highest BCUT2D eigenvalue weighted by Gasteiger charge is 2.36. The highest BCUT2D eigenvalue weighted by atomic mass is 35.5. The lowest BCUT2D eigenvalue weighted by Gasteiger charge is -2.14. The molecule has 152 valence electrons. The second-order valence-corrected chi connectivity index (χ2v) is 8.92. The lowest BCUT2D eigenvalue weighted by molar-refractivity contribution is 0.0640. The van der Waals surface area contributed by atoms with Crippen molar-refractivity contribution in [2.45, 2.75) is 18.4 Å². The van der Waals surface area contributed by atoms with E-state index < -0.39 is 21.8 Å². The number of halogens is 1. The zero-order valence-corrected chi connectivity index (χ0v) is 17.4. The van der Waals surface area contributed by atoms with Gasteiger partial charge in [-0.3, -0.25) is 24.2 Å². The fourth-order valence-electron chi connectivity index (χ4n) is 3.16. The van der Waals surface area contributed by atoms with E-state index in [1.165, 1.54) is 18.3 Å². The molecule has 2 aromatic carbocycles. The number of nitrogens with zero attached hydrogens (tertiary/aromatic N) is 2. The van der Waals surface area contributed by atoms with Crippen LogP contribution in [0, 0.1) is 6.92 Å². The maximum atomic E-state index is 12.7. The van der Waals surface area contributed by atoms with Crippen molar-refractivity contribution in [3.8, 4) is 0 Å². The number of hydrogen-bond donors (Lipinski definition) is 1. The molecule has 2 amide bonds. The molecule has 9 heteroatoms. The van der Waals surface area contributed by atoms with Gasteiger partial charge < -0.3 is 0 Å². The van der Waals surface area contributed by atoms with E-state index >= 15 is 0 Å². The molecule has 0 radical (unpaired) electrons. The van der Waals surface area contributed by atoms with E-state index in [9.17, 15) is 18.0 Å². The second kappa shape index (κ2) is 7.55. The van der Waals surface area contributed by atoms with Crippen molar-refractivity contribution in [2.75, 3.05) is 4.72 Å². The van der Waals surface area contributed by atoms with E-state index in [0.29, 0.717) is 21.8 Å². The zero-order chi connectivity index (χ0) is 21.5. The monoisotopic (exact) mass is 441 g/mol. The first-order chi connectivity index (χ1) is 14.3. The number of rotatable bonds is 5. The molecule has 7 nitrogen and oxygen atoms in total. The van der Waals surface area contributed by atoms with Crippen molar-refractivity contribution in [3.63, 3.8) is 0 Å². The third-order valence-corrected chi connectivity index (χ3v) is 6.35. The largest absolute Gasteiger partial charge is 0.280 e. The molecule has 4 rings (SSSR count). The molecule has 1 aliphatic heterocycles. The van der Waals surface area contributed by atoms with E-state index in [1.54, 1.807) is 49.4 Å². The molecule has 0 saturated carbocycles. The second-order valence-electron chi connectivity index (χ2n) is 6.80. The van der Waals surface area contributed by atoms with Gasteiger partial charge in [-0.1, -0.05) is 23.7 Å². The van der Waals surface area contributed by atoms with Crippen LogP contribution in [0.2, 0.25) is 5.02 Å². The number of fused-ring (bicyclic) bond motifs is 1. The Labute approximate surface area is 178 Å². The molecule has 0 fully saturated rings. The Hall–Kier alpha value is -3.23. The Morgan fingerprint density at radius 3 is 2.43 bits per heavy atom. The van der Waals surface area contributed by atoms with Crippen LogP contribution in [0.3, 0.4) is 0 Å². The third-order valence-electron chi connectivity index (χ3n) is 4.74. The number of aryl methyl sites for hydroxylation is 1. The fraction of sp³-hybridized carbons (Fsp3) is 0.0952. The van der Waals surface area contributed by atoms with E-state index in [2.05, 4.69) is 9.71 Å². The Kier molecular flexibility index (Phi) is 5.05. The number of benzene rings is 2. The number of carbonyl (C=O) groups is 2. The van der Waals surface area contributed by atoms with Gasteiger partial charge in [0.15, 0.2) is 0 Å². The first-order valence-electron chi connectivity index (χ1n) is 8.95. The van der Waals surface area contributed by atoms with E-state index in [1.807, 2.05) is 0 Å². The maximum absolute atomic E-state index is 12.7. The third kappa shape index (κ3) is 3.67. The highest BCUT2D eigenvalue weighted by Crippen LogP contribution is 2.25. The summed E-state index contributed by atoms with van der Waals surface area (Å²) in [6, 6.07) is 14.0. The summed E-state index contributed by atoms with van der Waals surface area (Å²) in [5.41, 5.74) is 2.14. The van der Waals surface area contributed by atoms with Crippen molar-refractivity contribution < 1.29 is 18.0 Å². The van der Waals surface area contributed by atoms with Gasteiger partial charge >= 0.3 is 0 Å². The van der Waals surface area contributed by atoms with Gasteiger partial charge in [-0.2, -0.15) is 0 Å². The molecule has 0 aliphatic carbocycles. The first kappa shape index (κ1) is 20.1. The van der Waals surface area contributed by atoms with E-state index in [-0.39, 0.29) is 22.7 Å². The Morgan fingerprint density at radius 2 is 1.77 bits per heavy atom. The minimum absolute atomic E-state index is 0.0259. The summed E-state index contributed by atoms with van der Waals surface area (Å²) >= 11 is 5.91. The minimum Gasteiger partial charge on any atom is -0.279 e. The Bertz CT molecular complexity index is 1240. The van der Waals surface area contributed by atoms with Gasteiger partial charge in [0.25, 0.3) is 21.8 Å². The normalized spacial score (nSPS) is 13.5. The summed E-state index contributed by atoms with van der Waals surface area (Å²) in [7, 11) is -3.81. The summed E-state index contributed by atoms with van der Waals surface area (Å²) < 4.78 is 27.9. The summed E-state index contributed by atoms with van der Waals surface area (Å²) in [5, 5.41) is 0.517. The zero-order valence-electron chi connectivity index (χ0n) is 15.8. The summed E-state index contributed by atoms with van der Waals surface area (Å²) in [4.78, 5) is 30.0. The van der Waals surface area contributed by atoms with Crippen molar-refractivity contribution >= 4 is 39.1 Å². The quantitative estimate of drug-likeness (QED) is 0.610. The number of hydrogen-bond acceptors (Lipinski definition) is 5. The number of anilines is 1. The van der Waals surface area contributed by atoms with Gasteiger partial charge in [0.1, 0.15) is 5.69 Å². The van der Waals surface area contributed by atoms with Gasteiger partial charge in [0.2, 0.25) is 0 Å². The van der Waals surface area contributed by atoms with Crippen LogP contribution in [0.15, 0.2) is 65.7 Å². The molecule has 0 unspecified atom stereocenters. The molecule has 0 saturated heterocycles. The number of amides is 2. The molecule has 1 aromatic heterocycles. The van der Waals surface area contributed by atoms with Crippen LogP contribution in [-0.4, -0.2) is 30.1 Å². The van der Waals surface area contributed by atoms with Gasteiger partial charge in [-0.25, -0.2) is 8.42 Å². The maximum Gasteiger partial charge on any atom is 0.280 e. The van der Waals surface area contributed by atoms with Gasteiger partial charge in [-0.05, 0) is 60.5 Å². The molecular formula is C21H16ClN3O4S. The fourth-order valence-corrected chi connectivity index (χ4v) is 4.52. The van der Waals surface area contributed by atoms with Crippen LogP contribution in [0.5, 0.6) is 0 Å². The molecular weight excluding hydrogens is 426 g/mol. The summed E-state index contributed by atoms with van der Waals surface area (Å²) in [5.74, 6) is -0.883. The summed E-state index contributed by atoms with van der Waals surface area (Å²) in [6.07, 6.45) is 1.46. The van der Waals surface area contributed by atoms with Crippen molar-refractivity contribution in [1.82, 2.24) is 9.88 Å². The van der Waals surface area contributed by atoms with Crippen LogP contribution >= 0.6 is 11.6 Å². The Morgan fingerprint density at radius 1 is 1.03 bits per heavy atom. The van der Waals surface area contributed by atoms with Gasteiger partial charge in [0.05, 0.1) is 22.7 Å². The molecule has 2 heterocycles. The van der Waals surface area contributed by atoms with Crippen molar-refractivity contribution in [1.29, 1.82) is 0 Å². The average molecular weight is 442 g/mol. The van der Waals surface area contributed by atoms with Crippen LogP contribution in [0.1, 0.15) is 32.0 Å². The smallest absolute Gasteiger partial charge is 0.279 e. The van der Waals surface area contributed by atoms with Gasteiger partial charge in [-0.15, -0.1) is 0 Å². The first-order valence-corrected chi connectivity index (χ1v) is 10.8. The molecule has 1 N–H and O–H groups in total. The van der Waals surface area contributed by atoms with Crippen LogP contribution < -0.4 is 4.72 Å². The molecule has 1 aliphatic rings. The Balaban J connectivity index is 1.52. The molecule has 3 aromatic rings. The lowest BCUT2D eigenvalue weighted by Crippen LogP contribution is -2.29. The number of carbonyl (C=O) groups excluding carboxylic acids is 2. The summed E-state index contributed by atoms with van der Waals surface area (Å²) in [6.45, 7) is 1.78. The average Bonchev–Trinajstić information content (AvgIpc) is 2.96. The number of sulfonamides is 1. The number of nitrogens with one attached hydrogen (secondary N) is 1. The molecule has 0 spiro atoms. The number of pyridine rings is 1. The van der Waals surface area contributed by atoms with Crippen molar-refractivity contribution in [3.05, 3.63) is 88.2 Å². The predicted molar refractivity (Wildman–Crippen MR) is 112 cm³/mol. The number of imide groups is 1. The van der Waals surface area contributed by atoms with Crippen LogP contribution in [0.25, 0.3) is 0 Å². The molecule has 0 bridgehead atoms. The van der Waals surface area contributed by atoms with Gasteiger partial charge in [0, 0.05) is 11.2 Å². The SMILES string of the molecule is Cc1cc(Cl)ccc1NS(=O)(=O)c1ccc(CN2C(=O)c3cccnc3C2=O)cc1. The highest BCUT2D eigenvalue weighted by molar-refractivity contribution is 7.92. The van der Waals surface area contributed by atoms with E-state index in [4.69, 9.17) is 11.6 Å². The molecule has 30 heavy (non-hydrogen) atoms.